The Morgan fingerprint density at radius 3 is 2.95 bits per heavy atom. The Morgan fingerprint density at radius 2 is 2.35 bits per heavy atom. The van der Waals surface area contributed by atoms with Crippen LogP contribution >= 0.6 is 0 Å². The summed E-state index contributed by atoms with van der Waals surface area (Å²) in [5, 5.41) is 6.79. The van der Waals surface area contributed by atoms with Crippen LogP contribution in [0.4, 0.5) is 0 Å². The molecule has 0 aromatic heterocycles. The number of esters is 1. The van der Waals surface area contributed by atoms with Gasteiger partial charge in [-0.15, -0.1) is 0 Å². The number of nitrogens with one attached hydrogen (secondary N) is 1. The first-order valence-corrected chi connectivity index (χ1v) is 7.38. The number of hydrogen-bond acceptors (Lipinski definition) is 4. The number of methoxy groups -OCH3 is 1. The highest BCUT2D eigenvalue weighted by molar-refractivity contribution is 5.81. The molecule has 6 heteroatoms. The number of ether oxygens (including phenoxy) is 1. The molecule has 1 rings (SSSR count). The topological polar surface area (TPSA) is 87.1 Å². The van der Waals surface area contributed by atoms with Crippen LogP contribution in [0.2, 0.25) is 0 Å². The molecule has 0 aliphatic heterocycles. The van der Waals surface area contributed by atoms with Gasteiger partial charge in [0.05, 0.1) is 7.11 Å². The Labute approximate surface area is 120 Å². The lowest BCUT2D eigenvalue weighted by Crippen LogP contribution is -2.56. The van der Waals surface area contributed by atoms with Crippen molar-refractivity contribution in [3.63, 3.8) is 0 Å². The van der Waals surface area contributed by atoms with Gasteiger partial charge in [-0.25, -0.2) is 0 Å². The smallest absolute Gasteiger partial charge is 0.326 e. The summed E-state index contributed by atoms with van der Waals surface area (Å²) >= 11 is 0. The highest BCUT2D eigenvalue weighted by Crippen LogP contribution is 2.36. The molecule has 0 heterocycles. The fourth-order valence-corrected chi connectivity index (χ4v) is 3.26. The number of nitrogens with zero attached hydrogens (tertiary/aromatic N) is 3. The van der Waals surface area contributed by atoms with Gasteiger partial charge in [0.2, 0.25) is 0 Å². The second-order valence-electron chi connectivity index (χ2n) is 6.05. The van der Waals surface area contributed by atoms with Crippen LogP contribution in [-0.4, -0.2) is 31.7 Å². The van der Waals surface area contributed by atoms with Gasteiger partial charge >= 0.3 is 5.97 Å². The summed E-state index contributed by atoms with van der Waals surface area (Å²) in [7, 11) is 1.44. The first kappa shape index (κ1) is 16.8. The van der Waals surface area contributed by atoms with E-state index in [1.165, 1.54) is 13.5 Å². The second kappa shape index (κ2) is 8.12. The van der Waals surface area contributed by atoms with Gasteiger partial charge in [0.25, 0.3) is 0 Å². The van der Waals surface area contributed by atoms with Gasteiger partial charge < -0.3 is 10.1 Å². The molecule has 1 aliphatic rings. The van der Waals surface area contributed by atoms with E-state index in [0.717, 1.165) is 25.7 Å². The number of carbonyl (C=O) groups is 1. The fraction of sp³-hybridized carbons (Fsp3) is 0.929. The fourth-order valence-electron chi connectivity index (χ4n) is 3.26. The van der Waals surface area contributed by atoms with Crippen molar-refractivity contribution in [1.82, 2.24) is 5.32 Å². The molecule has 1 aliphatic carbocycles. The highest BCUT2D eigenvalue weighted by Gasteiger charge is 2.43. The van der Waals surface area contributed by atoms with Gasteiger partial charge in [-0.05, 0) is 36.6 Å². The molecule has 0 radical (unpaired) electrons. The Bertz CT molecular complexity index is 366. The van der Waals surface area contributed by atoms with E-state index in [-0.39, 0.29) is 5.97 Å². The molecule has 2 unspecified atom stereocenters. The first-order chi connectivity index (χ1) is 9.54. The lowest BCUT2D eigenvalue weighted by molar-refractivity contribution is -0.151. The van der Waals surface area contributed by atoms with Crippen molar-refractivity contribution in [2.24, 2.45) is 17.0 Å². The molecule has 114 valence electrons. The Balaban J connectivity index is 2.71. The van der Waals surface area contributed by atoms with E-state index < -0.39 is 5.54 Å². The Hall–Kier alpha value is -1.26. The average Bonchev–Trinajstić information content (AvgIpc) is 2.42. The quantitative estimate of drug-likeness (QED) is 0.256. The van der Waals surface area contributed by atoms with E-state index >= 15 is 0 Å². The van der Waals surface area contributed by atoms with Crippen molar-refractivity contribution < 1.29 is 9.53 Å². The van der Waals surface area contributed by atoms with Crippen LogP contribution in [0, 0.1) is 11.8 Å². The predicted octanol–water partition coefficient (Wildman–Crippen LogP) is 3.03. The average molecular weight is 282 g/mol. The monoisotopic (exact) mass is 282 g/mol. The summed E-state index contributed by atoms with van der Waals surface area (Å²) in [6.07, 6.45) is 4.95. The molecular weight excluding hydrogens is 256 g/mol. The van der Waals surface area contributed by atoms with Crippen LogP contribution in [0.5, 0.6) is 0 Å². The van der Waals surface area contributed by atoms with Crippen LogP contribution in [0.25, 0.3) is 10.4 Å². The molecule has 0 aromatic carbocycles. The van der Waals surface area contributed by atoms with Crippen LogP contribution in [0.1, 0.15) is 46.0 Å². The van der Waals surface area contributed by atoms with Gasteiger partial charge in [0.15, 0.2) is 0 Å². The van der Waals surface area contributed by atoms with Crippen molar-refractivity contribution in [2.75, 3.05) is 20.2 Å². The summed E-state index contributed by atoms with van der Waals surface area (Å²) in [6.45, 7) is 5.28. The molecule has 0 spiro atoms. The van der Waals surface area contributed by atoms with Crippen LogP contribution < -0.4 is 5.32 Å². The maximum Gasteiger partial charge on any atom is 0.326 e. The van der Waals surface area contributed by atoms with Gasteiger partial charge in [0.1, 0.15) is 5.54 Å². The number of azide groups is 1. The van der Waals surface area contributed by atoms with Gasteiger partial charge in [-0.3, -0.25) is 4.79 Å². The second-order valence-corrected chi connectivity index (χ2v) is 6.05. The van der Waals surface area contributed by atoms with Crippen molar-refractivity contribution in [3.8, 4) is 0 Å². The molecule has 0 saturated heterocycles. The third-order valence-corrected chi connectivity index (χ3v) is 3.97. The number of hydrogen-bond donors (Lipinski definition) is 1. The van der Waals surface area contributed by atoms with Crippen LogP contribution in [0.15, 0.2) is 5.11 Å². The van der Waals surface area contributed by atoms with E-state index in [2.05, 4.69) is 29.2 Å². The maximum absolute atomic E-state index is 12.2. The van der Waals surface area contributed by atoms with Crippen LogP contribution in [0.3, 0.4) is 0 Å². The third-order valence-electron chi connectivity index (χ3n) is 3.97. The minimum atomic E-state index is -0.600. The molecular formula is C14H26N4O2. The zero-order chi connectivity index (χ0) is 15.0. The van der Waals surface area contributed by atoms with E-state index in [1.807, 2.05) is 0 Å². The molecule has 20 heavy (non-hydrogen) atoms. The summed E-state index contributed by atoms with van der Waals surface area (Å²) < 4.78 is 5.00. The SMILES string of the molecule is COC(=O)C1(NCCN=[N+]=[N-])CCCC(CC(C)C)C1. The number of rotatable bonds is 7. The highest BCUT2D eigenvalue weighted by atomic mass is 16.5. The van der Waals surface area contributed by atoms with E-state index in [4.69, 9.17) is 10.3 Å². The summed E-state index contributed by atoms with van der Waals surface area (Å²) in [4.78, 5) is 14.9. The Morgan fingerprint density at radius 1 is 1.60 bits per heavy atom. The lowest BCUT2D eigenvalue weighted by Gasteiger charge is -2.40. The largest absolute Gasteiger partial charge is 0.468 e. The standard InChI is InChI=1S/C14H26N4O2/c1-11(2)9-12-5-4-6-14(10-12,13(19)20-3)16-7-8-17-18-15/h11-12,16H,4-10H2,1-3H3. The predicted molar refractivity (Wildman–Crippen MR) is 78.2 cm³/mol. The van der Waals surface area contributed by atoms with Crippen molar-refractivity contribution in [2.45, 2.75) is 51.5 Å². The zero-order valence-electron chi connectivity index (χ0n) is 12.8. The molecule has 0 aromatic rings. The normalized spacial score (nSPS) is 26.1. The molecule has 0 bridgehead atoms. The molecule has 1 fully saturated rings. The summed E-state index contributed by atoms with van der Waals surface area (Å²) in [5.41, 5.74) is 7.70. The Kier molecular flexibility index (Phi) is 6.82. The minimum Gasteiger partial charge on any atom is -0.468 e. The van der Waals surface area contributed by atoms with Crippen molar-refractivity contribution in [1.29, 1.82) is 0 Å². The zero-order valence-corrected chi connectivity index (χ0v) is 12.8. The van der Waals surface area contributed by atoms with Gasteiger partial charge in [-0.1, -0.05) is 31.8 Å². The summed E-state index contributed by atoms with van der Waals surface area (Å²) in [6, 6.07) is 0. The van der Waals surface area contributed by atoms with E-state index in [0.29, 0.717) is 24.9 Å². The van der Waals surface area contributed by atoms with Crippen molar-refractivity contribution in [3.05, 3.63) is 10.4 Å². The maximum atomic E-state index is 12.2. The number of carbonyl (C=O) groups excluding carboxylic acids is 1. The van der Waals surface area contributed by atoms with Gasteiger partial charge in [-0.2, -0.15) is 0 Å². The minimum absolute atomic E-state index is 0.188. The molecule has 1 N–H and O–H groups in total. The molecule has 2 atom stereocenters. The third kappa shape index (κ3) is 4.69. The first-order valence-electron chi connectivity index (χ1n) is 7.38. The molecule has 0 amide bonds. The molecule has 6 nitrogen and oxygen atoms in total. The van der Waals surface area contributed by atoms with Crippen molar-refractivity contribution >= 4 is 5.97 Å². The van der Waals surface area contributed by atoms with E-state index in [1.54, 1.807) is 0 Å². The van der Waals surface area contributed by atoms with Crippen LogP contribution in [-0.2, 0) is 9.53 Å². The van der Waals surface area contributed by atoms with E-state index in [9.17, 15) is 4.79 Å². The summed E-state index contributed by atoms with van der Waals surface area (Å²) in [5.74, 6) is 0.998. The molecule has 1 saturated carbocycles. The lowest BCUT2D eigenvalue weighted by atomic mass is 9.73. The van der Waals surface area contributed by atoms with Gasteiger partial charge in [0, 0.05) is 18.0 Å².